The van der Waals surface area contributed by atoms with Crippen LogP contribution in [0.15, 0.2) is 43.0 Å². The molecule has 2 rings (SSSR count). The summed E-state index contributed by atoms with van der Waals surface area (Å²) in [6, 6.07) is 8.68. The zero-order valence-corrected chi connectivity index (χ0v) is 15.8. The number of benzene rings is 1. The van der Waals surface area contributed by atoms with Crippen molar-refractivity contribution in [3.8, 4) is 5.69 Å². The van der Waals surface area contributed by atoms with Crippen LogP contribution in [0.25, 0.3) is 5.69 Å². The molecular formula is C21H33N2+. The van der Waals surface area contributed by atoms with Crippen LogP contribution in [0, 0.1) is 5.41 Å². The summed E-state index contributed by atoms with van der Waals surface area (Å²) in [6.45, 7) is 14.0. The minimum atomic E-state index is 0.159. The fourth-order valence-electron chi connectivity index (χ4n) is 3.43. The third-order valence-corrected chi connectivity index (χ3v) is 5.49. The van der Waals surface area contributed by atoms with Crippen molar-refractivity contribution in [2.75, 3.05) is 0 Å². The molecule has 0 aliphatic rings. The van der Waals surface area contributed by atoms with E-state index < -0.39 is 0 Å². The number of hydrogen-bond donors (Lipinski definition) is 0. The highest BCUT2D eigenvalue weighted by Crippen LogP contribution is 2.34. The molecule has 0 fully saturated rings. The average molecular weight is 314 g/mol. The van der Waals surface area contributed by atoms with Gasteiger partial charge in [-0.2, -0.15) is 0 Å². The fraction of sp³-hybridized carbons (Fsp3) is 0.571. The molecule has 1 atom stereocenters. The van der Waals surface area contributed by atoms with Crippen molar-refractivity contribution in [1.29, 1.82) is 0 Å². The quantitative estimate of drug-likeness (QED) is 0.615. The highest BCUT2D eigenvalue weighted by atomic mass is 15.2. The average Bonchev–Trinajstić information content (AvgIpc) is 3.05. The van der Waals surface area contributed by atoms with Crippen molar-refractivity contribution in [1.82, 2.24) is 4.57 Å². The van der Waals surface area contributed by atoms with Gasteiger partial charge in [0.25, 0.3) is 0 Å². The normalized spacial score (nSPS) is 14.7. The minimum absolute atomic E-state index is 0.159. The standard InChI is InChI=1S/C21H33N2/c1-7-18-12-10-11-13-19(18)22-14-15-23(17-22)21(6,9-3)16-20(4,5)8-2/h10-15,17H,7-9,16H2,1-6H3/q+1. The highest BCUT2D eigenvalue weighted by Gasteiger charge is 2.35. The van der Waals surface area contributed by atoms with E-state index in [1.54, 1.807) is 0 Å². The molecule has 0 aliphatic heterocycles. The Bertz CT molecular complexity index is 639. The van der Waals surface area contributed by atoms with E-state index in [0.717, 1.165) is 12.8 Å². The third kappa shape index (κ3) is 3.85. The SMILES string of the molecule is CCc1ccccc1-n1cc[n+](C(C)(CC)CC(C)(C)CC)c1. The van der Waals surface area contributed by atoms with Gasteiger partial charge in [0, 0.05) is 0 Å². The lowest BCUT2D eigenvalue weighted by Gasteiger charge is -2.34. The molecule has 0 amide bonds. The number of hydrogen-bond acceptors (Lipinski definition) is 0. The van der Waals surface area contributed by atoms with E-state index in [-0.39, 0.29) is 5.54 Å². The second kappa shape index (κ2) is 6.90. The summed E-state index contributed by atoms with van der Waals surface area (Å²) in [5.74, 6) is 0. The molecule has 0 aliphatic carbocycles. The summed E-state index contributed by atoms with van der Waals surface area (Å²) in [5.41, 5.74) is 3.21. The molecule has 0 saturated heterocycles. The van der Waals surface area contributed by atoms with E-state index >= 15 is 0 Å². The molecule has 0 spiro atoms. The van der Waals surface area contributed by atoms with Crippen LogP contribution in [-0.2, 0) is 12.0 Å². The van der Waals surface area contributed by atoms with Gasteiger partial charge in [0.1, 0.15) is 23.6 Å². The number of aryl methyl sites for hydroxylation is 1. The summed E-state index contributed by atoms with van der Waals surface area (Å²) in [4.78, 5) is 0. The predicted octanol–water partition coefficient (Wildman–Crippen LogP) is 5.28. The van der Waals surface area contributed by atoms with Gasteiger partial charge in [-0.3, -0.25) is 0 Å². The molecule has 2 nitrogen and oxygen atoms in total. The van der Waals surface area contributed by atoms with Gasteiger partial charge >= 0.3 is 0 Å². The van der Waals surface area contributed by atoms with Crippen molar-refractivity contribution in [2.24, 2.45) is 5.41 Å². The minimum Gasteiger partial charge on any atom is -0.231 e. The number of aromatic nitrogens is 2. The van der Waals surface area contributed by atoms with E-state index in [1.165, 1.54) is 24.1 Å². The Morgan fingerprint density at radius 1 is 1.00 bits per heavy atom. The molecule has 0 radical (unpaired) electrons. The van der Waals surface area contributed by atoms with Crippen LogP contribution in [0.3, 0.4) is 0 Å². The van der Waals surface area contributed by atoms with E-state index in [2.05, 4.69) is 93.7 Å². The van der Waals surface area contributed by atoms with Crippen molar-refractivity contribution < 1.29 is 4.57 Å². The first-order chi connectivity index (χ1) is 10.8. The molecule has 2 aromatic rings. The van der Waals surface area contributed by atoms with Crippen molar-refractivity contribution in [2.45, 2.75) is 72.8 Å². The molecule has 23 heavy (non-hydrogen) atoms. The second-order valence-corrected chi connectivity index (χ2v) is 7.76. The monoisotopic (exact) mass is 313 g/mol. The highest BCUT2D eigenvalue weighted by molar-refractivity contribution is 5.40. The Hall–Kier alpha value is -1.57. The third-order valence-electron chi connectivity index (χ3n) is 5.49. The zero-order valence-electron chi connectivity index (χ0n) is 15.8. The van der Waals surface area contributed by atoms with E-state index in [4.69, 9.17) is 0 Å². The van der Waals surface area contributed by atoms with Crippen LogP contribution in [0.5, 0.6) is 0 Å². The molecule has 1 heterocycles. The Morgan fingerprint density at radius 2 is 1.70 bits per heavy atom. The lowest BCUT2D eigenvalue weighted by Crippen LogP contribution is -2.54. The molecule has 0 bridgehead atoms. The summed E-state index contributed by atoms with van der Waals surface area (Å²) in [7, 11) is 0. The maximum Gasteiger partial charge on any atom is 0.249 e. The van der Waals surface area contributed by atoms with Gasteiger partial charge in [0.05, 0.1) is 0 Å². The van der Waals surface area contributed by atoms with Crippen LogP contribution in [0.1, 0.15) is 66.4 Å². The molecule has 1 aromatic carbocycles. The van der Waals surface area contributed by atoms with Gasteiger partial charge < -0.3 is 0 Å². The molecule has 0 saturated carbocycles. The van der Waals surface area contributed by atoms with E-state index in [1.807, 2.05) is 0 Å². The van der Waals surface area contributed by atoms with E-state index in [9.17, 15) is 0 Å². The summed E-state index contributed by atoms with van der Waals surface area (Å²) >= 11 is 0. The van der Waals surface area contributed by atoms with Gasteiger partial charge in [0.15, 0.2) is 0 Å². The molecule has 1 aromatic heterocycles. The van der Waals surface area contributed by atoms with Crippen LogP contribution < -0.4 is 4.57 Å². The van der Waals surface area contributed by atoms with Crippen LogP contribution in [-0.4, -0.2) is 4.57 Å². The number of nitrogens with zero attached hydrogens (tertiary/aromatic N) is 2. The van der Waals surface area contributed by atoms with Crippen molar-refractivity contribution in [3.63, 3.8) is 0 Å². The Balaban J connectivity index is 2.36. The number of imidazole rings is 1. The first-order valence-corrected chi connectivity index (χ1v) is 9.03. The van der Waals surface area contributed by atoms with Gasteiger partial charge in [-0.1, -0.05) is 59.2 Å². The topological polar surface area (TPSA) is 8.81 Å². The van der Waals surface area contributed by atoms with Crippen LogP contribution in [0.4, 0.5) is 0 Å². The van der Waals surface area contributed by atoms with Crippen LogP contribution >= 0.6 is 0 Å². The van der Waals surface area contributed by atoms with Gasteiger partial charge in [-0.05, 0) is 43.2 Å². The number of rotatable bonds is 7. The lowest BCUT2D eigenvalue weighted by molar-refractivity contribution is -0.764. The van der Waals surface area contributed by atoms with Gasteiger partial charge in [-0.15, -0.1) is 0 Å². The Morgan fingerprint density at radius 3 is 2.30 bits per heavy atom. The predicted molar refractivity (Wildman–Crippen MR) is 98.0 cm³/mol. The summed E-state index contributed by atoms with van der Waals surface area (Å²) in [6.07, 6.45) is 11.3. The van der Waals surface area contributed by atoms with Crippen molar-refractivity contribution >= 4 is 0 Å². The molecule has 126 valence electrons. The summed E-state index contributed by atoms with van der Waals surface area (Å²) < 4.78 is 4.68. The Labute approximate surface area is 142 Å². The van der Waals surface area contributed by atoms with Gasteiger partial charge in [0.2, 0.25) is 6.33 Å². The lowest BCUT2D eigenvalue weighted by atomic mass is 9.76. The maximum absolute atomic E-state index is 2.41. The fourth-order valence-corrected chi connectivity index (χ4v) is 3.43. The van der Waals surface area contributed by atoms with Gasteiger partial charge in [-0.25, -0.2) is 9.13 Å². The zero-order chi connectivity index (χ0) is 17.1. The smallest absolute Gasteiger partial charge is 0.231 e. The number of para-hydroxylation sites is 1. The van der Waals surface area contributed by atoms with E-state index in [0.29, 0.717) is 5.41 Å². The first kappa shape index (κ1) is 17.8. The molecule has 1 unspecified atom stereocenters. The molecule has 2 heteroatoms. The second-order valence-electron chi connectivity index (χ2n) is 7.76. The molecular weight excluding hydrogens is 280 g/mol. The molecule has 0 N–H and O–H groups in total. The Kier molecular flexibility index (Phi) is 5.33. The van der Waals surface area contributed by atoms with Crippen molar-refractivity contribution in [3.05, 3.63) is 48.5 Å². The van der Waals surface area contributed by atoms with Crippen LogP contribution in [0.2, 0.25) is 0 Å². The summed E-state index contributed by atoms with van der Waals surface area (Å²) in [5, 5.41) is 0. The largest absolute Gasteiger partial charge is 0.249 e. The first-order valence-electron chi connectivity index (χ1n) is 9.03. The maximum atomic E-state index is 2.41.